The molecule has 0 spiro atoms. The lowest BCUT2D eigenvalue weighted by Gasteiger charge is -2.09. The Morgan fingerprint density at radius 2 is 2.22 bits per heavy atom. The van der Waals surface area contributed by atoms with Crippen LogP contribution < -0.4 is 10.1 Å². The number of thiazole rings is 1. The van der Waals surface area contributed by atoms with Crippen LogP contribution in [0.3, 0.4) is 0 Å². The summed E-state index contributed by atoms with van der Waals surface area (Å²) in [5.74, 6) is 0.846. The van der Waals surface area contributed by atoms with E-state index >= 15 is 0 Å². The van der Waals surface area contributed by atoms with Gasteiger partial charge in [0.25, 0.3) is 0 Å². The second-order valence-electron chi connectivity index (χ2n) is 4.21. The van der Waals surface area contributed by atoms with Crippen LogP contribution in [0.1, 0.15) is 13.8 Å². The normalized spacial score (nSPS) is 11.1. The summed E-state index contributed by atoms with van der Waals surface area (Å²) in [5.41, 5.74) is 0.927. The third-order valence-corrected chi connectivity index (χ3v) is 3.31. The number of rotatable bonds is 6. The molecule has 0 aliphatic carbocycles. The number of anilines is 1. The van der Waals surface area contributed by atoms with Crippen LogP contribution >= 0.6 is 11.3 Å². The largest absolute Gasteiger partial charge is 0.489 e. The Balaban J connectivity index is 2.21. The first-order chi connectivity index (χ1) is 8.70. The molecule has 0 aliphatic heterocycles. The second-order valence-corrected chi connectivity index (χ2v) is 5.24. The highest BCUT2D eigenvalue weighted by Crippen LogP contribution is 2.32. The minimum Gasteiger partial charge on any atom is -0.489 e. The second kappa shape index (κ2) is 6.02. The SMILES string of the molecule is COCCNc1nc2c(OC(C)C)cccc2s1. The topological polar surface area (TPSA) is 43.4 Å². The Morgan fingerprint density at radius 1 is 1.39 bits per heavy atom. The Morgan fingerprint density at radius 3 is 2.94 bits per heavy atom. The third-order valence-electron chi connectivity index (χ3n) is 2.33. The van der Waals surface area contributed by atoms with Crippen LogP contribution in [-0.4, -0.2) is 31.3 Å². The van der Waals surface area contributed by atoms with Gasteiger partial charge in [0.1, 0.15) is 11.3 Å². The molecule has 2 rings (SSSR count). The molecule has 0 saturated carbocycles. The molecule has 1 heterocycles. The molecule has 0 aliphatic rings. The third kappa shape index (κ3) is 3.11. The van der Waals surface area contributed by atoms with E-state index in [1.54, 1.807) is 18.4 Å². The number of nitrogens with one attached hydrogen (secondary N) is 1. The fourth-order valence-corrected chi connectivity index (χ4v) is 2.52. The number of fused-ring (bicyclic) bond motifs is 1. The van der Waals surface area contributed by atoms with E-state index in [4.69, 9.17) is 9.47 Å². The average molecular weight is 266 g/mol. The van der Waals surface area contributed by atoms with Crippen LogP contribution in [0.2, 0.25) is 0 Å². The number of aromatic nitrogens is 1. The standard InChI is InChI=1S/C13H18N2O2S/c1-9(2)17-10-5-4-6-11-12(10)15-13(18-11)14-7-8-16-3/h4-6,9H,7-8H2,1-3H3,(H,14,15). The summed E-state index contributed by atoms with van der Waals surface area (Å²) in [6, 6.07) is 6.01. The fourth-order valence-electron chi connectivity index (χ4n) is 1.61. The maximum atomic E-state index is 5.76. The van der Waals surface area contributed by atoms with Crippen LogP contribution in [0.4, 0.5) is 5.13 Å². The predicted octanol–water partition coefficient (Wildman–Crippen LogP) is 3.14. The van der Waals surface area contributed by atoms with Crippen LogP contribution in [0.25, 0.3) is 10.2 Å². The van der Waals surface area contributed by atoms with Crippen molar-refractivity contribution in [2.24, 2.45) is 0 Å². The highest BCUT2D eigenvalue weighted by Gasteiger charge is 2.09. The van der Waals surface area contributed by atoms with Crippen molar-refractivity contribution >= 4 is 26.7 Å². The highest BCUT2D eigenvalue weighted by molar-refractivity contribution is 7.22. The van der Waals surface area contributed by atoms with Crippen molar-refractivity contribution in [3.63, 3.8) is 0 Å². The van der Waals surface area contributed by atoms with E-state index in [2.05, 4.69) is 16.4 Å². The molecule has 1 aromatic carbocycles. The van der Waals surface area contributed by atoms with Crippen LogP contribution in [0, 0.1) is 0 Å². The van der Waals surface area contributed by atoms with Crippen LogP contribution in [0.5, 0.6) is 5.75 Å². The van der Waals surface area contributed by atoms with Crippen molar-refractivity contribution in [3.05, 3.63) is 18.2 Å². The number of para-hydroxylation sites is 1. The first kappa shape index (κ1) is 13.1. The van der Waals surface area contributed by atoms with Crippen molar-refractivity contribution in [3.8, 4) is 5.75 Å². The number of benzene rings is 1. The lowest BCUT2D eigenvalue weighted by atomic mass is 10.3. The zero-order valence-corrected chi connectivity index (χ0v) is 11.7. The van der Waals surface area contributed by atoms with Gasteiger partial charge in [0, 0.05) is 13.7 Å². The van der Waals surface area contributed by atoms with Crippen LogP contribution in [-0.2, 0) is 4.74 Å². The van der Waals surface area contributed by atoms with Crippen molar-refractivity contribution in [2.45, 2.75) is 20.0 Å². The Hall–Kier alpha value is -1.33. The van der Waals surface area contributed by atoms with E-state index in [0.29, 0.717) is 6.61 Å². The molecule has 0 fully saturated rings. The molecule has 0 unspecified atom stereocenters. The molecule has 0 saturated heterocycles. The Kier molecular flexibility index (Phi) is 4.38. The number of hydrogen-bond donors (Lipinski definition) is 1. The van der Waals surface area contributed by atoms with Gasteiger partial charge in [0.15, 0.2) is 5.13 Å². The molecule has 0 bridgehead atoms. The molecule has 0 atom stereocenters. The zero-order chi connectivity index (χ0) is 13.0. The first-order valence-corrected chi connectivity index (χ1v) is 6.81. The average Bonchev–Trinajstić information content (AvgIpc) is 2.73. The summed E-state index contributed by atoms with van der Waals surface area (Å²) in [4.78, 5) is 4.56. The van der Waals surface area contributed by atoms with Gasteiger partial charge in [0.05, 0.1) is 17.4 Å². The quantitative estimate of drug-likeness (QED) is 0.816. The van der Waals surface area contributed by atoms with Gasteiger partial charge >= 0.3 is 0 Å². The number of hydrogen-bond acceptors (Lipinski definition) is 5. The van der Waals surface area contributed by atoms with E-state index in [1.165, 1.54) is 0 Å². The van der Waals surface area contributed by atoms with Crippen molar-refractivity contribution in [1.82, 2.24) is 4.98 Å². The Labute approximate surface area is 111 Å². The van der Waals surface area contributed by atoms with Crippen molar-refractivity contribution in [2.75, 3.05) is 25.6 Å². The molecule has 1 N–H and O–H groups in total. The maximum absolute atomic E-state index is 5.76. The van der Waals surface area contributed by atoms with Crippen molar-refractivity contribution in [1.29, 1.82) is 0 Å². The van der Waals surface area contributed by atoms with Gasteiger partial charge in [-0.2, -0.15) is 0 Å². The van der Waals surface area contributed by atoms with Gasteiger partial charge in [-0.25, -0.2) is 4.98 Å². The molecule has 0 radical (unpaired) electrons. The fraction of sp³-hybridized carbons (Fsp3) is 0.462. The summed E-state index contributed by atoms with van der Waals surface area (Å²) in [7, 11) is 1.69. The maximum Gasteiger partial charge on any atom is 0.184 e. The highest BCUT2D eigenvalue weighted by atomic mass is 32.1. The molecule has 0 amide bonds. The van der Waals surface area contributed by atoms with Crippen LogP contribution in [0.15, 0.2) is 18.2 Å². The molecule has 98 valence electrons. The molecule has 2 aromatic rings. The number of nitrogens with zero attached hydrogens (tertiary/aromatic N) is 1. The minimum atomic E-state index is 0.155. The molecule has 5 heteroatoms. The lowest BCUT2D eigenvalue weighted by Crippen LogP contribution is -2.07. The number of ether oxygens (including phenoxy) is 2. The van der Waals surface area contributed by atoms with Gasteiger partial charge < -0.3 is 14.8 Å². The van der Waals surface area contributed by atoms with Gasteiger partial charge in [-0.3, -0.25) is 0 Å². The minimum absolute atomic E-state index is 0.155. The first-order valence-electron chi connectivity index (χ1n) is 5.99. The Bertz CT molecular complexity index is 511. The van der Waals surface area contributed by atoms with Gasteiger partial charge in [-0.05, 0) is 26.0 Å². The monoisotopic (exact) mass is 266 g/mol. The lowest BCUT2D eigenvalue weighted by molar-refractivity contribution is 0.211. The summed E-state index contributed by atoms with van der Waals surface area (Å²) in [6.45, 7) is 5.47. The summed E-state index contributed by atoms with van der Waals surface area (Å²) in [5, 5.41) is 4.15. The van der Waals surface area contributed by atoms with Gasteiger partial charge in [-0.15, -0.1) is 0 Å². The molecule has 18 heavy (non-hydrogen) atoms. The zero-order valence-electron chi connectivity index (χ0n) is 10.9. The predicted molar refractivity (Wildman–Crippen MR) is 75.7 cm³/mol. The van der Waals surface area contributed by atoms with Crippen molar-refractivity contribution < 1.29 is 9.47 Å². The van der Waals surface area contributed by atoms with Gasteiger partial charge in [0.2, 0.25) is 0 Å². The molecular formula is C13H18N2O2S. The van der Waals surface area contributed by atoms with E-state index < -0.39 is 0 Å². The molecule has 4 nitrogen and oxygen atoms in total. The van der Waals surface area contributed by atoms with E-state index in [-0.39, 0.29) is 6.10 Å². The van der Waals surface area contributed by atoms with Gasteiger partial charge in [-0.1, -0.05) is 17.4 Å². The van der Waals surface area contributed by atoms with E-state index in [1.807, 2.05) is 26.0 Å². The van der Waals surface area contributed by atoms with E-state index in [0.717, 1.165) is 27.6 Å². The summed E-state index contributed by atoms with van der Waals surface area (Å²) in [6.07, 6.45) is 0.155. The summed E-state index contributed by atoms with van der Waals surface area (Å²) < 4.78 is 11.9. The number of methoxy groups -OCH3 is 1. The molecular weight excluding hydrogens is 248 g/mol. The van der Waals surface area contributed by atoms with E-state index in [9.17, 15) is 0 Å². The summed E-state index contributed by atoms with van der Waals surface area (Å²) >= 11 is 1.63. The molecule has 1 aromatic heterocycles. The smallest absolute Gasteiger partial charge is 0.184 e.